The lowest BCUT2D eigenvalue weighted by Crippen LogP contribution is -2.46. The average molecular weight is 558 g/mol. The maximum absolute atomic E-state index is 13.7. The highest BCUT2D eigenvalue weighted by Gasteiger charge is 2.38. The molecule has 1 aliphatic rings. The van der Waals surface area contributed by atoms with Crippen LogP contribution >= 0.6 is 0 Å². The topological polar surface area (TPSA) is 157 Å². The summed E-state index contributed by atoms with van der Waals surface area (Å²) in [5, 5.41) is 43.1. The molecule has 1 aromatic carbocycles. The molecule has 0 saturated carbocycles. The quantitative estimate of drug-likeness (QED) is 0.152. The summed E-state index contributed by atoms with van der Waals surface area (Å²) in [6, 6.07) is 3.29. The fraction of sp³-hybridized carbons (Fsp3) is 0.552. The van der Waals surface area contributed by atoms with E-state index in [1.54, 1.807) is 12.1 Å². The van der Waals surface area contributed by atoms with E-state index in [2.05, 4.69) is 15.6 Å². The number of quaternary nitrogens is 2. The molecule has 0 atom stereocenters. The number of aromatic amines is 1. The van der Waals surface area contributed by atoms with Gasteiger partial charge in [-0.15, -0.1) is 0 Å². The Bertz CT molecular complexity index is 1260. The van der Waals surface area contributed by atoms with E-state index in [0.29, 0.717) is 37.6 Å². The predicted molar refractivity (Wildman–Crippen MR) is 157 cm³/mol. The second-order valence-corrected chi connectivity index (χ2v) is 10.6. The van der Waals surface area contributed by atoms with E-state index in [1.807, 2.05) is 27.7 Å². The van der Waals surface area contributed by atoms with Gasteiger partial charge < -0.3 is 40.4 Å². The molecule has 1 heterocycles. The number of hydrogen-bond donors (Lipinski definition) is 4. The number of fused-ring (bicyclic) bond motifs is 2. The summed E-state index contributed by atoms with van der Waals surface area (Å²) in [6.07, 6.45) is 3.98. The first-order valence-electron chi connectivity index (χ1n) is 14.4. The molecular formula is C29H43N5O6. The summed E-state index contributed by atoms with van der Waals surface area (Å²) in [5.41, 5.74) is -0.803. The first kappa shape index (κ1) is 31.3. The number of hydrogen-bond acceptors (Lipinski definition) is 8. The maximum atomic E-state index is 13.7. The Hall–Kier alpha value is -3.25. The molecule has 0 amide bonds. The lowest BCUT2D eigenvalue weighted by atomic mass is 9.82. The monoisotopic (exact) mass is 557 g/mol. The highest BCUT2D eigenvalue weighted by molar-refractivity contribution is 6.32. The highest BCUT2D eigenvalue weighted by Crippen LogP contribution is 2.38. The number of benzene rings is 1. The third kappa shape index (κ3) is 6.72. The van der Waals surface area contributed by atoms with Crippen molar-refractivity contribution in [3.63, 3.8) is 0 Å². The standard InChI is InChI=1S/C29H43N5O6/c1-5-13-33(39,14-6-2)17-11-30-20-9-10-21(31-12-18-34(40,15-7-3)16-8-4)24-23(20)27(36)25-22(35)19-32-29(38)26(25)28(24)37/h9-10,19,30-31,35H,5-8,11-18H2,1-4H3,(H,32,38). The Morgan fingerprint density at radius 3 is 1.48 bits per heavy atom. The third-order valence-corrected chi connectivity index (χ3v) is 7.38. The van der Waals surface area contributed by atoms with Crippen molar-refractivity contribution in [2.24, 2.45) is 0 Å². The van der Waals surface area contributed by atoms with Crippen LogP contribution in [0.15, 0.2) is 23.1 Å². The van der Waals surface area contributed by atoms with Gasteiger partial charge in [0.05, 0.1) is 69.0 Å². The first-order chi connectivity index (χ1) is 19.0. The van der Waals surface area contributed by atoms with Crippen LogP contribution in [0.1, 0.15) is 85.2 Å². The molecule has 0 radical (unpaired) electrons. The van der Waals surface area contributed by atoms with Crippen LogP contribution in [0.5, 0.6) is 5.75 Å². The number of carbonyl (C=O) groups is 2. The van der Waals surface area contributed by atoms with Gasteiger partial charge in [-0.3, -0.25) is 14.4 Å². The number of aromatic nitrogens is 1. The SMILES string of the molecule is CCC[N+]([O-])(CCC)CCNc1ccc(NCC[N+]([O-])(CCC)CCC)c2c1C(=O)c1c(O)c[nH]c(=O)c1C2=O. The maximum Gasteiger partial charge on any atom is 0.260 e. The third-order valence-electron chi connectivity index (χ3n) is 7.38. The van der Waals surface area contributed by atoms with Gasteiger partial charge in [-0.2, -0.15) is 0 Å². The van der Waals surface area contributed by atoms with Crippen LogP contribution < -0.4 is 16.2 Å². The Balaban J connectivity index is 1.99. The molecule has 220 valence electrons. The molecule has 0 fully saturated rings. The molecule has 11 heteroatoms. The van der Waals surface area contributed by atoms with Crippen molar-refractivity contribution >= 4 is 22.9 Å². The molecule has 0 bridgehead atoms. The smallest absolute Gasteiger partial charge is 0.260 e. The van der Waals surface area contributed by atoms with Gasteiger partial charge in [0.25, 0.3) is 5.56 Å². The van der Waals surface area contributed by atoms with Gasteiger partial charge in [-0.25, -0.2) is 0 Å². The van der Waals surface area contributed by atoms with E-state index < -0.39 is 28.4 Å². The van der Waals surface area contributed by atoms with Crippen LogP contribution in [0.3, 0.4) is 0 Å². The van der Waals surface area contributed by atoms with Crippen LogP contribution in [0.2, 0.25) is 0 Å². The van der Waals surface area contributed by atoms with Gasteiger partial charge in [0, 0.05) is 17.6 Å². The van der Waals surface area contributed by atoms with E-state index in [9.17, 15) is 29.9 Å². The molecule has 4 N–H and O–H groups in total. The Morgan fingerprint density at radius 2 is 1.07 bits per heavy atom. The van der Waals surface area contributed by atoms with Crippen LogP contribution in [0.25, 0.3) is 0 Å². The Morgan fingerprint density at radius 1 is 0.675 bits per heavy atom. The van der Waals surface area contributed by atoms with E-state index in [4.69, 9.17) is 0 Å². The number of hydroxylamine groups is 6. The summed E-state index contributed by atoms with van der Waals surface area (Å²) in [6.45, 7) is 10.8. The number of carbonyl (C=O) groups excluding carboxylic acids is 2. The molecule has 0 saturated heterocycles. The number of pyridine rings is 1. The molecule has 0 unspecified atom stereocenters. The summed E-state index contributed by atoms with van der Waals surface area (Å²) < 4.78 is -0.728. The summed E-state index contributed by atoms with van der Waals surface area (Å²) >= 11 is 0. The summed E-state index contributed by atoms with van der Waals surface area (Å²) in [5.74, 6) is -1.84. The van der Waals surface area contributed by atoms with Crippen molar-refractivity contribution in [1.29, 1.82) is 0 Å². The minimum atomic E-state index is -0.769. The van der Waals surface area contributed by atoms with E-state index >= 15 is 0 Å². The number of rotatable bonds is 16. The van der Waals surface area contributed by atoms with Gasteiger partial charge in [0.15, 0.2) is 0 Å². The second kappa shape index (κ2) is 13.4. The zero-order valence-electron chi connectivity index (χ0n) is 24.1. The van der Waals surface area contributed by atoms with Crippen LogP contribution in [0.4, 0.5) is 11.4 Å². The predicted octanol–water partition coefficient (Wildman–Crippen LogP) is 3.95. The number of nitrogens with zero attached hydrogens (tertiary/aromatic N) is 2. The van der Waals surface area contributed by atoms with Crippen molar-refractivity contribution in [2.45, 2.75) is 53.4 Å². The zero-order valence-corrected chi connectivity index (χ0v) is 24.1. The molecule has 0 aliphatic heterocycles. The average Bonchev–Trinajstić information content (AvgIpc) is 2.89. The number of nitrogens with one attached hydrogen (secondary N) is 3. The van der Waals surface area contributed by atoms with Crippen molar-refractivity contribution in [1.82, 2.24) is 4.98 Å². The van der Waals surface area contributed by atoms with Crippen molar-refractivity contribution < 1.29 is 24.0 Å². The van der Waals surface area contributed by atoms with Gasteiger partial charge in [-0.05, 0) is 37.8 Å². The van der Waals surface area contributed by atoms with E-state index in [-0.39, 0.29) is 52.2 Å². The molecule has 3 rings (SSSR count). The first-order valence-corrected chi connectivity index (χ1v) is 14.4. The Kier molecular flexibility index (Phi) is 10.5. The number of H-pyrrole nitrogens is 1. The minimum Gasteiger partial charge on any atom is -0.633 e. The molecule has 1 aliphatic carbocycles. The van der Waals surface area contributed by atoms with Crippen LogP contribution in [-0.4, -0.2) is 83.3 Å². The minimum absolute atomic E-state index is 0.0126. The number of ketones is 2. The molecule has 11 nitrogen and oxygen atoms in total. The molecular weight excluding hydrogens is 514 g/mol. The lowest BCUT2D eigenvalue weighted by Gasteiger charge is -2.43. The molecule has 0 spiro atoms. The normalized spacial score (nSPS) is 13.2. The van der Waals surface area contributed by atoms with Crippen molar-refractivity contribution in [3.8, 4) is 5.75 Å². The number of anilines is 2. The molecule has 2 aromatic rings. The van der Waals surface area contributed by atoms with Crippen LogP contribution in [-0.2, 0) is 0 Å². The van der Waals surface area contributed by atoms with Gasteiger partial charge in [-0.1, -0.05) is 27.7 Å². The molecule has 40 heavy (non-hydrogen) atoms. The van der Waals surface area contributed by atoms with Crippen molar-refractivity contribution in [2.75, 3.05) is 63.0 Å². The van der Waals surface area contributed by atoms with E-state index in [0.717, 1.165) is 31.9 Å². The second-order valence-electron chi connectivity index (χ2n) is 10.6. The fourth-order valence-electron chi connectivity index (χ4n) is 5.67. The molecule has 1 aromatic heterocycles. The fourth-order valence-corrected chi connectivity index (χ4v) is 5.67. The van der Waals surface area contributed by atoms with Gasteiger partial charge >= 0.3 is 0 Å². The Labute approximate surface area is 235 Å². The van der Waals surface area contributed by atoms with Crippen LogP contribution in [0, 0.1) is 10.4 Å². The summed E-state index contributed by atoms with van der Waals surface area (Å²) in [7, 11) is 0. The zero-order chi connectivity index (χ0) is 29.5. The van der Waals surface area contributed by atoms with Gasteiger partial charge in [0.2, 0.25) is 11.6 Å². The lowest BCUT2D eigenvalue weighted by molar-refractivity contribution is -0.879. The largest absolute Gasteiger partial charge is 0.633 e. The number of aromatic hydroxyl groups is 1. The van der Waals surface area contributed by atoms with Gasteiger partial charge in [0.1, 0.15) is 11.3 Å². The summed E-state index contributed by atoms with van der Waals surface area (Å²) in [4.78, 5) is 42.3. The highest BCUT2D eigenvalue weighted by atomic mass is 16.5. The van der Waals surface area contributed by atoms with Crippen molar-refractivity contribution in [3.05, 3.63) is 61.4 Å². The van der Waals surface area contributed by atoms with E-state index in [1.165, 1.54) is 0 Å².